The van der Waals surface area contributed by atoms with Crippen molar-refractivity contribution >= 4 is 15.9 Å². The van der Waals surface area contributed by atoms with E-state index < -0.39 is 0 Å². The topological polar surface area (TPSA) is 30.5 Å². The van der Waals surface area contributed by atoms with Crippen LogP contribution in [0.15, 0.2) is 16.6 Å². The molecular weight excluding hydrogens is 342 g/mol. The lowest BCUT2D eigenvalue weighted by molar-refractivity contribution is 0.197. The lowest BCUT2D eigenvalue weighted by atomic mass is 9.97. The molecule has 1 saturated carbocycles. The van der Waals surface area contributed by atoms with E-state index in [1.807, 2.05) is 6.07 Å². The van der Waals surface area contributed by atoms with Crippen molar-refractivity contribution in [2.45, 2.75) is 63.5 Å². The summed E-state index contributed by atoms with van der Waals surface area (Å²) in [5.41, 5.74) is 1.26. The smallest absolute Gasteiger partial charge is 0.164 e. The van der Waals surface area contributed by atoms with Crippen molar-refractivity contribution in [1.82, 2.24) is 5.32 Å². The third-order valence-electron chi connectivity index (χ3n) is 4.78. The second-order valence-corrected chi connectivity index (χ2v) is 7.39. The molecular formula is C18H26BrNO2. The van der Waals surface area contributed by atoms with Gasteiger partial charge in [0.1, 0.15) is 0 Å². The van der Waals surface area contributed by atoms with Gasteiger partial charge < -0.3 is 14.8 Å². The molecule has 1 atom stereocenters. The Morgan fingerprint density at radius 1 is 1.14 bits per heavy atom. The molecule has 1 unspecified atom stereocenters. The Balaban J connectivity index is 1.82. The number of rotatable bonds is 5. The summed E-state index contributed by atoms with van der Waals surface area (Å²) in [5, 5.41) is 3.63. The van der Waals surface area contributed by atoms with Gasteiger partial charge in [0.2, 0.25) is 0 Å². The van der Waals surface area contributed by atoms with Gasteiger partial charge in [0, 0.05) is 16.1 Å². The van der Waals surface area contributed by atoms with Crippen LogP contribution in [0.3, 0.4) is 0 Å². The highest BCUT2D eigenvalue weighted by Gasteiger charge is 2.23. The molecule has 1 aliphatic heterocycles. The number of nitrogens with one attached hydrogen (secondary N) is 1. The maximum absolute atomic E-state index is 6.35. The second kappa shape index (κ2) is 7.69. The van der Waals surface area contributed by atoms with Gasteiger partial charge >= 0.3 is 0 Å². The first kappa shape index (κ1) is 16.1. The van der Waals surface area contributed by atoms with Gasteiger partial charge in [-0.1, -0.05) is 22.4 Å². The highest BCUT2D eigenvalue weighted by Crippen LogP contribution is 2.38. The fraction of sp³-hybridized carbons (Fsp3) is 0.667. The molecule has 0 amide bonds. The number of halogens is 1. The van der Waals surface area contributed by atoms with E-state index in [-0.39, 0.29) is 0 Å². The third kappa shape index (κ3) is 3.96. The van der Waals surface area contributed by atoms with Crippen LogP contribution in [0.2, 0.25) is 0 Å². The first-order valence-corrected chi connectivity index (χ1v) is 9.32. The minimum atomic E-state index is 0.355. The molecule has 0 radical (unpaired) electrons. The molecule has 3 rings (SSSR count). The van der Waals surface area contributed by atoms with Crippen LogP contribution < -0.4 is 14.8 Å². The van der Waals surface area contributed by atoms with Crippen LogP contribution in [-0.2, 0) is 6.42 Å². The van der Waals surface area contributed by atoms with Crippen LogP contribution >= 0.6 is 15.9 Å². The monoisotopic (exact) mass is 367 g/mol. The summed E-state index contributed by atoms with van der Waals surface area (Å²) < 4.78 is 13.0. The number of piperidine rings is 1. The number of methoxy groups -OCH3 is 1. The Kier molecular flexibility index (Phi) is 5.64. The van der Waals surface area contributed by atoms with E-state index in [0.29, 0.717) is 12.1 Å². The molecule has 1 N–H and O–H groups in total. The van der Waals surface area contributed by atoms with Gasteiger partial charge in [-0.25, -0.2) is 0 Å². The molecule has 2 aliphatic rings. The summed E-state index contributed by atoms with van der Waals surface area (Å²) in [6.07, 6.45) is 10.1. The van der Waals surface area contributed by atoms with Crippen LogP contribution in [0.25, 0.3) is 0 Å². The highest BCUT2D eigenvalue weighted by atomic mass is 79.9. The van der Waals surface area contributed by atoms with Gasteiger partial charge in [-0.15, -0.1) is 0 Å². The molecule has 1 aromatic carbocycles. The Morgan fingerprint density at radius 2 is 1.91 bits per heavy atom. The van der Waals surface area contributed by atoms with Crippen molar-refractivity contribution in [3.63, 3.8) is 0 Å². The van der Waals surface area contributed by atoms with E-state index in [1.165, 1.54) is 50.5 Å². The van der Waals surface area contributed by atoms with E-state index >= 15 is 0 Å². The minimum absolute atomic E-state index is 0.355. The zero-order chi connectivity index (χ0) is 15.4. The predicted molar refractivity (Wildman–Crippen MR) is 92.9 cm³/mol. The molecule has 4 heteroatoms. The molecule has 0 spiro atoms. The van der Waals surface area contributed by atoms with Crippen LogP contribution in [-0.4, -0.2) is 25.8 Å². The average molecular weight is 368 g/mol. The van der Waals surface area contributed by atoms with Crippen molar-refractivity contribution in [3.05, 3.63) is 22.2 Å². The number of hydrogen-bond acceptors (Lipinski definition) is 3. The number of benzene rings is 1. The SMILES string of the molecule is COc1cc(Br)cc(CC2CCCCN2)c1OC1CCCC1. The van der Waals surface area contributed by atoms with Crippen LogP contribution in [0.4, 0.5) is 0 Å². The normalized spacial score (nSPS) is 22.7. The van der Waals surface area contributed by atoms with Gasteiger partial charge in [0.05, 0.1) is 13.2 Å². The fourth-order valence-electron chi connectivity index (χ4n) is 3.60. The molecule has 1 heterocycles. The summed E-state index contributed by atoms with van der Waals surface area (Å²) in [6, 6.07) is 4.77. The first-order valence-electron chi connectivity index (χ1n) is 8.52. The first-order chi connectivity index (χ1) is 10.8. The maximum atomic E-state index is 6.35. The summed E-state index contributed by atoms with van der Waals surface area (Å²) in [6.45, 7) is 1.13. The molecule has 122 valence electrons. The summed E-state index contributed by atoms with van der Waals surface area (Å²) in [7, 11) is 1.73. The van der Waals surface area contributed by atoms with Crippen LogP contribution in [0.1, 0.15) is 50.5 Å². The zero-order valence-corrected chi connectivity index (χ0v) is 15.0. The summed E-state index contributed by atoms with van der Waals surface area (Å²) in [4.78, 5) is 0. The molecule has 1 aliphatic carbocycles. The molecule has 1 aromatic rings. The van der Waals surface area contributed by atoms with Crippen LogP contribution in [0.5, 0.6) is 11.5 Å². The largest absolute Gasteiger partial charge is 0.493 e. The van der Waals surface area contributed by atoms with Gasteiger partial charge in [-0.05, 0) is 63.6 Å². The minimum Gasteiger partial charge on any atom is -0.493 e. The van der Waals surface area contributed by atoms with E-state index in [1.54, 1.807) is 7.11 Å². The molecule has 0 bridgehead atoms. The Morgan fingerprint density at radius 3 is 2.59 bits per heavy atom. The molecule has 0 aromatic heterocycles. The van der Waals surface area contributed by atoms with Gasteiger partial charge in [-0.2, -0.15) is 0 Å². The average Bonchev–Trinajstić information content (AvgIpc) is 3.03. The summed E-state index contributed by atoms with van der Waals surface area (Å²) >= 11 is 3.61. The third-order valence-corrected chi connectivity index (χ3v) is 5.24. The van der Waals surface area contributed by atoms with Crippen molar-refractivity contribution in [2.75, 3.05) is 13.7 Å². The summed E-state index contributed by atoms with van der Waals surface area (Å²) in [5.74, 6) is 1.82. The standard InChI is InChI=1S/C18H26BrNO2/c1-21-17-12-14(19)10-13(11-15-6-4-5-9-20-15)18(17)22-16-7-2-3-8-16/h10,12,15-16,20H,2-9,11H2,1H3. The lowest BCUT2D eigenvalue weighted by Crippen LogP contribution is -2.35. The van der Waals surface area contributed by atoms with E-state index in [4.69, 9.17) is 9.47 Å². The van der Waals surface area contributed by atoms with Gasteiger partial charge in [0.15, 0.2) is 11.5 Å². The highest BCUT2D eigenvalue weighted by molar-refractivity contribution is 9.10. The zero-order valence-electron chi connectivity index (χ0n) is 13.4. The molecule has 1 saturated heterocycles. The molecule has 2 fully saturated rings. The van der Waals surface area contributed by atoms with E-state index in [2.05, 4.69) is 27.3 Å². The molecule has 22 heavy (non-hydrogen) atoms. The van der Waals surface area contributed by atoms with E-state index in [0.717, 1.165) is 28.9 Å². The van der Waals surface area contributed by atoms with Gasteiger partial charge in [0.25, 0.3) is 0 Å². The lowest BCUT2D eigenvalue weighted by Gasteiger charge is -2.26. The Bertz CT molecular complexity index is 494. The maximum Gasteiger partial charge on any atom is 0.164 e. The predicted octanol–water partition coefficient (Wildman–Crippen LogP) is 4.46. The molecule has 3 nitrogen and oxygen atoms in total. The van der Waals surface area contributed by atoms with E-state index in [9.17, 15) is 0 Å². The van der Waals surface area contributed by atoms with Crippen molar-refractivity contribution < 1.29 is 9.47 Å². The Labute approximate surface area is 141 Å². The van der Waals surface area contributed by atoms with Crippen molar-refractivity contribution in [3.8, 4) is 11.5 Å². The second-order valence-electron chi connectivity index (χ2n) is 6.47. The quantitative estimate of drug-likeness (QED) is 0.832. The number of ether oxygens (including phenoxy) is 2. The van der Waals surface area contributed by atoms with Crippen molar-refractivity contribution in [1.29, 1.82) is 0 Å². The van der Waals surface area contributed by atoms with Crippen LogP contribution in [0, 0.1) is 0 Å². The van der Waals surface area contributed by atoms with Crippen molar-refractivity contribution in [2.24, 2.45) is 0 Å². The fourth-order valence-corrected chi connectivity index (χ4v) is 4.08. The Hall–Kier alpha value is -0.740. The van der Waals surface area contributed by atoms with Gasteiger partial charge in [-0.3, -0.25) is 0 Å². The number of hydrogen-bond donors (Lipinski definition) is 1.